The molecule has 2 atom stereocenters. The number of unbranched alkanes of at least 4 members (excludes halogenated alkanes) is 1. The molecular weight excluding hydrogens is 309 g/mol. The van der Waals surface area contributed by atoms with Crippen LogP contribution in [0.15, 0.2) is 30.5 Å². The highest BCUT2D eigenvalue weighted by Gasteiger charge is 2.21. The first-order valence-electron chi connectivity index (χ1n) is 8.20. The third kappa shape index (κ3) is 4.20. The summed E-state index contributed by atoms with van der Waals surface area (Å²) in [5, 5.41) is 17.3. The number of halogens is 1. The number of benzene rings is 1. The first-order chi connectivity index (χ1) is 11.4. The average molecular weight is 333 g/mol. The van der Waals surface area contributed by atoms with Crippen molar-refractivity contribution in [2.75, 3.05) is 0 Å². The van der Waals surface area contributed by atoms with Crippen LogP contribution < -0.4 is 5.32 Å². The van der Waals surface area contributed by atoms with Crippen LogP contribution in [0.2, 0.25) is 0 Å². The third-order valence-electron chi connectivity index (χ3n) is 4.12. The molecule has 1 amide bonds. The molecule has 2 unspecified atom stereocenters. The number of carbonyl (C=O) groups is 1. The van der Waals surface area contributed by atoms with E-state index in [0.29, 0.717) is 11.1 Å². The molecule has 130 valence electrons. The minimum absolute atomic E-state index is 0.274. The second kappa shape index (κ2) is 8.06. The van der Waals surface area contributed by atoms with Crippen LogP contribution in [0.25, 0.3) is 0 Å². The van der Waals surface area contributed by atoms with Gasteiger partial charge in [-0.1, -0.05) is 25.5 Å². The Morgan fingerprint density at radius 1 is 1.38 bits per heavy atom. The van der Waals surface area contributed by atoms with Gasteiger partial charge in [0.25, 0.3) is 5.91 Å². The Balaban J connectivity index is 2.03. The number of carbonyl (C=O) groups excluding carboxylic acids is 1. The van der Waals surface area contributed by atoms with Crippen molar-refractivity contribution in [1.82, 2.24) is 15.1 Å². The molecular formula is C18H24FN3O2. The van der Waals surface area contributed by atoms with Gasteiger partial charge in [0, 0.05) is 12.2 Å². The molecule has 0 aliphatic carbocycles. The fourth-order valence-corrected chi connectivity index (χ4v) is 2.51. The van der Waals surface area contributed by atoms with Crippen LogP contribution in [0.1, 0.15) is 54.4 Å². The van der Waals surface area contributed by atoms with Gasteiger partial charge in [-0.2, -0.15) is 5.10 Å². The van der Waals surface area contributed by atoms with Crippen LogP contribution in [-0.4, -0.2) is 26.8 Å². The lowest BCUT2D eigenvalue weighted by Gasteiger charge is -2.20. The number of nitrogens with one attached hydrogen (secondary N) is 1. The highest BCUT2D eigenvalue weighted by Crippen LogP contribution is 2.18. The van der Waals surface area contributed by atoms with Crippen molar-refractivity contribution in [2.24, 2.45) is 0 Å². The molecule has 0 aliphatic heterocycles. The minimum Gasteiger partial charge on any atom is -0.386 e. The van der Waals surface area contributed by atoms with Crippen LogP contribution >= 0.6 is 0 Å². The van der Waals surface area contributed by atoms with Gasteiger partial charge >= 0.3 is 0 Å². The van der Waals surface area contributed by atoms with E-state index in [1.54, 1.807) is 13.1 Å². The zero-order valence-electron chi connectivity index (χ0n) is 14.3. The smallest absolute Gasteiger partial charge is 0.255 e. The second-order valence-corrected chi connectivity index (χ2v) is 5.98. The lowest BCUT2D eigenvalue weighted by atomic mass is 10.0. The van der Waals surface area contributed by atoms with Crippen molar-refractivity contribution >= 4 is 5.91 Å². The van der Waals surface area contributed by atoms with Crippen molar-refractivity contribution in [1.29, 1.82) is 0 Å². The number of amides is 1. The molecule has 1 heterocycles. The number of rotatable bonds is 7. The molecule has 2 N–H and O–H groups in total. The summed E-state index contributed by atoms with van der Waals surface area (Å²) in [6.07, 6.45) is 2.70. The lowest BCUT2D eigenvalue weighted by molar-refractivity contribution is 0.0851. The van der Waals surface area contributed by atoms with Gasteiger partial charge in [0.05, 0.1) is 23.9 Å². The summed E-state index contributed by atoms with van der Waals surface area (Å²) in [5.74, 6) is -0.637. The molecule has 1 aromatic heterocycles. The van der Waals surface area contributed by atoms with Gasteiger partial charge in [0.15, 0.2) is 0 Å². The summed E-state index contributed by atoms with van der Waals surface area (Å²) < 4.78 is 14.8. The molecule has 24 heavy (non-hydrogen) atoms. The fraction of sp³-hybridized carbons (Fsp3) is 0.444. The van der Waals surface area contributed by atoms with Gasteiger partial charge < -0.3 is 10.4 Å². The molecule has 6 heteroatoms. The number of aromatic nitrogens is 2. The first kappa shape index (κ1) is 18.1. The molecule has 0 aliphatic rings. The Bertz CT molecular complexity index is 682. The van der Waals surface area contributed by atoms with Crippen molar-refractivity contribution in [3.63, 3.8) is 0 Å². The standard InChI is InChI=1S/C18H24FN3O2/c1-4-5-10-22-13(3)16(11-20-22)18(24)21-12(2)17(23)14-6-8-15(19)9-7-14/h6-9,11-12,17,23H,4-5,10H2,1-3H3,(H,21,24). The maximum Gasteiger partial charge on any atom is 0.255 e. The molecule has 5 nitrogen and oxygen atoms in total. The van der Waals surface area contributed by atoms with Crippen LogP contribution in [-0.2, 0) is 6.54 Å². The van der Waals surface area contributed by atoms with Crippen LogP contribution in [0.4, 0.5) is 4.39 Å². The van der Waals surface area contributed by atoms with E-state index in [4.69, 9.17) is 0 Å². The number of aryl methyl sites for hydroxylation is 1. The topological polar surface area (TPSA) is 67.2 Å². The first-order valence-corrected chi connectivity index (χ1v) is 8.20. The summed E-state index contributed by atoms with van der Waals surface area (Å²) in [6, 6.07) is 5.08. The lowest BCUT2D eigenvalue weighted by Crippen LogP contribution is -2.37. The van der Waals surface area contributed by atoms with Gasteiger partial charge in [-0.05, 0) is 38.0 Å². The Kier molecular flexibility index (Phi) is 6.09. The SMILES string of the molecule is CCCCn1ncc(C(=O)NC(C)C(O)c2ccc(F)cc2)c1C. The van der Waals surface area contributed by atoms with E-state index in [-0.39, 0.29) is 11.7 Å². The fourth-order valence-electron chi connectivity index (χ4n) is 2.51. The highest BCUT2D eigenvalue weighted by atomic mass is 19.1. The molecule has 0 bridgehead atoms. The highest BCUT2D eigenvalue weighted by molar-refractivity contribution is 5.95. The van der Waals surface area contributed by atoms with Crippen molar-refractivity contribution in [3.8, 4) is 0 Å². The number of aliphatic hydroxyl groups is 1. The number of hydrogen-bond acceptors (Lipinski definition) is 3. The molecule has 0 spiro atoms. The Labute approximate surface area is 141 Å². The summed E-state index contributed by atoms with van der Waals surface area (Å²) in [7, 11) is 0. The van der Waals surface area contributed by atoms with E-state index in [9.17, 15) is 14.3 Å². The Hall–Kier alpha value is -2.21. The largest absolute Gasteiger partial charge is 0.386 e. The molecule has 0 fully saturated rings. The maximum absolute atomic E-state index is 13.0. The zero-order chi connectivity index (χ0) is 17.7. The predicted molar refractivity (Wildman–Crippen MR) is 90.2 cm³/mol. The summed E-state index contributed by atoms with van der Waals surface area (Å²) in [5.41, 5.74) is 1.87. The molecule has 2 rings (SSSR count). The van der Waals surface area contributed by atoms with E-state index < -0.39 is 12.1 Å². The summed E-state index contributed by atoms with van der Waals surface area (Å²) in [4.78, 5) is 12.4. The number of hydrogen-bond donors (Lipinski definition) is 2. The second-order valence-electron chi connectivity index (χ2n) is 5.98. The van der Waals surface area contributed by atoms with E-state index in [2.05, 4.69) is 17.3 Å². The zero-order valence-corrected chi connectivity index (χ0v) is 14.3. The quantitative estimate of drug-likeness (QED) is 0.818. The molecule has 0 saturated carbocycles. The van der Waals surface area contributed by atoms with E-state index in [1.807, 2.05) is 11.6 Å². The van der Waals surface area contributed by atoms with Gasteiger partial charge in [-0.25, -0.2) is 4.39 Å². The van der Waals surface area contributed by atoms with Crippen LogP contribution in [0.3, 0.4) is 0 Å². The normalized spacial score (nSPS) is 13.5. The van der Waals surface area contributed by atoms with Crippen LogP contribution in [0.5, 0.6) is 0 Å². The number of aliphatic hydroxyl groups excluding tert-OH is 1. The molecule has 1 aromatic carbocycles. The van der Waals surface area contributed by atoms with E-state index in [1.165, 1.54) is 24.3 Å². The van der Waals surface area contributed by atoms with Crippen molar-refractivity contribution < 1.29 is 14.3 Å². The Morgan fingerprint density at radius 3 is 2.67 bits per heavy atom. The van der Waals surface area contributed by atoms with E-state index >= 15 is 0 Å². The van der Waals surface area contributed by atoms with Gasteiger partial charge in [0.1, 0.15) is 5.82 Å². The Morgan fingerprint density at radius 2 is 2.04 bits per heavy atom. The molecule has 2 aromatic rings. The monoisotopic (exact) mass is 333 g/mol. The minimum atomic E-state index is -0.912. The van der Waals surface area contributed by atoms with Gasteiger partial charge in [0.2, 0.25) is 0 Å². The number of nitrogens with zero attached hydrogens (tertiary/aromatic N) is 2. The predicted octanol–water partition coefficient (Wildman–Crippen LogP) is 2.98. The third-order valence-corrected chi connectivity index (χ3v) is 4.12. The summed E-state index contributed by atoms with van der Waals surface area (Å²) in [6.45, 7) is 6.45. The van der Waals surface area contributed by atoms with Gasteiger partial charge in [-0.15, -0.1) is 0 Å². The average Bonchev–Trinajstić information content (AvgIpc) is 2.93. The van der Waals surface area contributed by atoms with Gasteiger partial charge in [-0.3, -0.25) is 9.48 Å². The van der Waals surface area contributed by atoms with E-state index in [0.717, 1.165) is 25.1 Å². The van der Waals surface area contributed by atoms with Crippen molar-refractivity contribution in [2.45, 2.75) is 52.3 Å². The maximum atomic E-state index is 13.0. The van der Waals surface area contributed by atoms with Crippen LogP contribution in [0, 0.1) is 12.7 Å². The molecule has 0 saturated heterocycles. The summed E-state index contributed by atoms with van der Waals surface area (Å²) >= 11 is 0. The van der Waals surface area contributed by atoms with Crippen molar-refractivity contribution in [3.05, 3.63) is 53.1 Å². The molecule has 0 radical (unpaired) electrons.